The van der Waals surface area contributed by atoms with E-state index < -0.39 is 5.82 Å². The van der Waals surface area contributed by atoms with Gasteiger partial charge in [0.2, 0.25) is 5.28 Å². The lowest BCUT2D eigenvalue weighted by Gasteiger charge is -2.31. The van der Waals surface area contributed by atoms with Crippen molar-refractivity contribution in [1.29, 1.82) is 0 Å². The number of halogens is 3. The number of nitrogens with one attached hydrogen (secondary N) is 1. The first kappa shape index (κ1) is 17.3. The minimum atomic E-state index is -0.396. The third kappa shape index (κ3) is 3.28. The van der Waals surface area contributed by atoms with Gasteiger partial charge < -0.3 is 10.2 Å². The highest BCUT2D eigenvalue weighted by Gasteiger charge is 2.36. The molecule has 0 amide bonds. The Bertz CT molecular complexity index is 926. The molecule has 1 aliphatic carbocycles. The Morgan fingerprint density at radius 1 is 1.31 bits per heavy atom. The van der Waals surface area contributed by atoms with Crippen molar-refractivity contribution in [3.8, 4) is 0 Å². The van der Waals surface area contributed by atoms with E-state index in [4.69, 9.17) is 23.2 Å². The second-order valence-electron chi connectivity index (χ2n) is 6.38. The molecule has 1 aliphatic heterocycles. The van der Waals surface area contributed by atoms with Gasteiger partial charge in [0, 0.05) is 30.6 Å². The summed E-state index contributed by atoms with van der Waals surface area (Å²) in [6.45, 7) is 1.03. The molecule has 1 fully saturated rings. The van der Waals surface area contributed by atoms with Crippen molar-refractivity contribution in [2.75, 3.05) is 11.9 Å². The van der Waals surface area contributed by atoms with E-state index in [1.54, 1.807) is 6.07 Å². The smallest absolute Gasteiger partial charge is 0.224 e. The summed E-state index contributed by atoms with van der Waals surface area (Å²) in [5.41, 5.74) is 2.55. The lowest BCUT2D eigenvalue weighted by Crippen LogP contribution is -2.33. The number of anilines is 1. The topological polar surface area (TPSA) is 58.1 Å². The van der Waals surface area contributed by atoms with Gasteiger partial charge in [-0.25, -0.2) is 19.2 Å². The van der Waals surface area contributed by atoms with Crippen LogP contribution >= 0.6 is 23.2 Å². The Balaban J connectivity index is 1.68. The zero-order valence-electron chi connectivity index (χ0n) is 13.7. The van der Waals surface area contributed by atoms with E-state index in [0.717, 1.165) is 25.1 Å². The van der Waals surface area contributed by atoms with Gasteiger partial charge in [-0.15, -0.1) is 0 Å². The van der Waals surface area contributed by atoms with Crippen LogP contribution in [-0.2, 0) is 17.8 Å². The van der Waals surface area contributed by atoms with Crippen molar-refractivity contribution in [3.63, 3.8) is 0 Å². The summed E-state index contributed by atoms with van der Waals surface area (Å²) in [6.07, 6.45) is 2.83. The quantitative estimate of drug-likeness (QED) is 0.634. The van der Waals surface area contributed by atoms with Crippen LogP contribution in [-0.4, -0.2) is 33.4 Å². The van der Waals surface area contributed by atoms with Crippen LogP contribution < -0.4 is 5.32 Å². The highest BCUT2D eigenvalue weighted by atomic mass is 35.5. The Morgan fingerprint density at radius 3 is 2.81 bits per heavy atom. The van der Waals surface area contributed by atoms with Gasteiger partial charge >= 0.3 is 0 Å². The third-order valence-corrected chi connectivity index (χ3v) is 5.14. The van der Waals surface area contributed by atoms with E-state index in [1.165, 1.54) is 12.1 Å². The fourth-order valence-electron chi connectivity index (χ4n) is 3.22. The van der Waals surface area contributed by atoms with Crippen molar-refractivity contribution in [2.45, 2.75) is 31.8 Å². The van der Waals surface area contributed by atoms with Gasteiger partial charge in [-0.1, -0.05) is 17.7 Å². The molecule has 0 atom stereocenters. The van der Waals surface area contributed by atoms with Crippen LogP contribution in [0.2, 0.25) is 10.3 Å². The van der Waals surface area contributed by atoms with Crippen molar-refractivity contribution < 1.29 is 9.18 Å². The molecule has 0 spiro atoms. The van der Waals surface area contributed by atoms with Crippen LogP contribution in [0.25, 0.3) is 5.70 Å². The van der Waals surface area contributed by atoms with E-state index in [2.05, 4.69) is 26.1 Å². The van der Waals surface area contributed by atoms with E-state index in [9.17, 15) is 9.18 Å². The molecule has 4 rings (SSSR count). The SMILES string of the molecule is O=C=C1c2c(nc(Cl)nc2NCc2ccc(F)cc2Cl)CCN1C1CC1. The first-order valence-electron chi connectivity index (χ1n) is 8.33. The molecule has 0 unspecified atom stereocenters. The van der Waals surface area contributed by atoms with Crippen molar-refractivity contribution in [3.05, 3.63) is 51.1 Å². The van der Waals surface area contributed by atoms with Crippen LogP contribution in [0.5, 0.6) is 0 Å². The summed E-state index contributed by atoms with van der Waals surface area (Å²) in [5, 5.41) is 3.60. The third-order valence-electron chi connectivity index (χ3n) is 4.62. The normalized spacial score (nSPS) is 16.3. The van der Waals surface area contributed by atoms with Gasteiger partial charge in [0.15, 0.2) is 5.94 Å². The van der Waals surface area contributed by atoms with Crippen molar-refractivity contribution in [2.24, 2.45) is 0 Å². The van der Waals surface area contributed by atoms with Crippen molar-refractivity contribution >= 4 is 40.7 Å². The van der Waals surface area contributed by atoms with Crippen LogP contribution in [0.3, 0.4) is 0 Å². The monoisotopic (exact) mass is 392 g/mol. The van der Waals surface area contributed by atoms with E-state index in [-0.39, 0.29) is 5.28 Å². The lowest BCUT2D eigenvalue weighted by molar-refractivity contribution is 0.378. The fraction of sp³-hybridized carbons (Fsp3) is 0.333. The van der Waals surface area contributed by atoms with Crippen molar-refractivity contribution in [1.82, 2.24) is 14.9 Å². The lowest BCUT2D eigenvalue weighted by atomic mass is 10.0. The Morgan fingerprint density at radius 2 is 2.12 bits per heavy atom. The molecule has 2 aromatic rings. The second kappa shape index (κ2) is 6.88. The Hall–Kier alpha value is -2.14. The number of carbonyl (C=O) groups excluding carboxylic acids is 1. The number of aromatic nitrogens is 2. The van der Waals surface area contributed by atoms with Crippen LogP contribution in [0.15, 0.2) is 18.2 Å². The van der Waals surface area contributed by atoms with Gasteiger partial charge in [0.1, 0.15) is 17.3 Å². The molecular weight excluding hydrogens is 378 g/mol. The largest absolute Gasteiger partial charge is 0.365 e. The highest BCUT2D eigenvalue weighted by Crippen LogP contribution is 2.39. The second-order valence-corrected chi connectivity index (χ2v) is 7.12. The van der Waals surface area contributed by atoms with Gasteiger partial charge in [0.25, 0.3) is 0 Å². The van der Waals surface area contributed by atoms with Crippen LogP contribution in [0, 0.1) is 5.82 Å². The van der Waals surface area contributed by atoms with Crippen LogP contribution in [0.4, 0.5) is 10.2 Å². The molecule has 2 heterocycles. The zero-order chi connectivity index (χ0) is 18.3. The molecule has 8 heteroatoms. The predicted octanol–water partition coefficient (Wildman–Crippen LogP) is 3.73. The van der Waals surface area contributed by atoms with Gasteiger partial charge in [-0.05, 0) is 42.1 Å². The molecule has 26 heavy (non-hydrogen) atoms. The Kier molecular flexibility index (Phi) is 4.57. The van der Waals surface area contributed by atoms with E-state index >= 15 is 0 Å². The first-order chi connectivity index (χ1) is 12.6. The summed E-state index contributed by atoms with van der Waals surface area (Å²) in [4.78, 5) is 22.3. The highest BCUT2D eigenvalue weighted by molar-refractivity contribution is 6.31. The minimum Gasteiger partial charge on any atom is -0.365 e. The molecule has 0 saturated heterocycles. The molecule has 134 valence electrons. The predicted molar refractivity (Wildman–Crippen MR) is 98.3 cm³/mol. The summed E-state index contributed by atoms with van der Waals surface area (Å²) in [5.74, 6) is 2.13. The maximum absolute atomic E-state index is 13.2. The summed E-state index contributed by atoms with van der Waals surface area (Å²) >= 11 is 12.1. The van der Waals surface area contributed by atoms with E-state index in [1.807, 2.05) is 0 Å². The Labute approximate surface area is 159 Å². The van der Waals surface area contributed by atoms with Gasteiger partial charge in [0.05, 0.1) is 11.3 Å². The molecule has 1 aromatic heterocycles. The minimum absolute atomic E-state index is 0.113. The van der Waals surface area contributed by atoms with Gasteiger partial charge in [-0.2, -0.15) is 0 Å². The van der Waals surface area contributed by atoms with Gasteiger partial charge in [-0.3, -0.25) is 0 Å². The maximum atomic E-state index is 13.2. The molecule has 0 radical (unpaired) electrons. The average Bonchev–Trinajstić information content (AvgIpc) is 3.44. The summed E-state index contributed by atoms with van der Waals surface area (Å²) < 4.78 is 13.2. The standard InChI is InChI=1S/C18H15Cl2FN4O/c19-13-7-11(21)2-1-10(13)8-22-17-16-14(23-18(20)24-17)5-6-25(12-3-4-12)15(16)9-26/h1-2,7,12H,3-6,8H2,(H,22,23,24). The first-order valence-corrected chi connectivity index (χ1v) is 9.08. The number of benzene rings is 1. The molecular formula is C18H15Cl2FN4O. The number of hydrogen-bond acceptors (Lipinski definition) is 5. The molecule has 1 aromatic carbocycles. The number of nitrogens with zero attached hydrogens (tertiary/aromatic N) is 3. The fourth-order valence-corrected chi connectivity index (χ4v) is 3.64. The number of rotatable bonds is 4. The number of fused-ring (bicyclic) bond motifs is 1. The van der Waals surface area contributed by atoms with Crippen LogP contribution in [0.1, 0.15) is 29.7 Å². The molecule has 5 nitrogen and oxygen atoms in total. The average molecular weight is 393 g/mol. The zero-order valence-corrected chi connectivity index (χ0v) is 15.2. The molecule has 1 N–H and O–H groups in total. The molecule has 2 aliphatic rings. The van der Waals surface area contributed by atoms with E-state index in [0.29, 0.717) is 46.7 Å². The molecule has 0 bridgehead atoms. The maximum Gasteiger partial charge on any atom is 0.224 e. The summed E-state index contributed by atoms with van der Waals surface area (Å²) in [7, 11) is 0. The summed E-state index contributed by atoms with van der Waals surface area (Å²) in [6, 6.07) is 4.59. The number of hydrogen-bond donors (Lipinski definition) is 1. The molecule has 1 saturated carbocycles.